The van der Waals surface area contributed by atoms with Gasteiger partial charge in [0.2, 0.25) is 0 Å². The monoisotopic (exact) mass is 355 g/mol. The van der Waals surface area contributed by atoms with E-state index in [9.17, 15) is 10.1 Å². The van der Waals surface area contributed by atoms with E-state index < -0.39 is 16.9 Å². The lowest BCUT2D eigenvalue weighted by Crippen LogP contribution is -2.44. The van der Waals surface area contributed by atoms with E-state index in [0.717, 1.165) is 38.3 Å². The highest BCUT2D eigenvalue weighted by Crippen LogP contribution is 2.27. The lowest BCUT2D eigenvalue weighted by molar-refractivity contribution is -0.385. The van der Waals surface area contributed by atoms with Gasteiger partial charge in [0.05, 0.1) is 4.92 Å². The van der Waals surface area contributed by atoms with Crippen LogP contribution < -0.4 is 10.1 Å². The molecule has 10 heteroatoms. The molecule has 1 fully saturated rings. The van der Waals surface area contributed by atoms with Crippen molar-refractivity contribution in [2.24, 2.45) is 0 Å². The van der Waals surface area contributed by atoms with Crippen LogP contribution in [-0.4, -0.2) is 71.3 Å². The quantitative estimate of drug-likeness (QED) is 0.387. The van der Waals surface area contributed by atoms with Gasteiger partial charge in [-0.05, 0) is 18.6 Å². The Balaban J connectivity index is 0.000000450. The number of carbonyl (C=O) groups is 2. The summed E-state index contributed by atoms with van der Waals surface area (Å²) in [6, 6.07) is 5.04. The number of nitro benzene ring substituents is 1. The van der Waals surface area contributed by atoms with Gasteiger partial charge < -0.3 is 20.3 Å². The fourth-order valence-corrected chi connectivity index (χ4v) is 2.11. The summed E-state index contributed by atoms with van der Waals surface area (Å²) in [5.41, 5.74) is 0.904. The summed E-state index contributed by atoms with van der Waals surface area (Å²) in [5, 5.41) is 29.0. The summed E-state index contributed by atoms with van der Waals surface area (Å²) in [6.07, 6.45) is 0. The average Bonchev–Trinajstić information content (AvgIpc) is 2.57. The van der Waals surface area contributed by atoms with E-state index >= 15 is 0 Å². The van der Waals surface area contributed by atoms with Gasteiger partial charge in [-0.1, -0.05) is 6.07 Å². The molecule has 2 rings (SSSR count). The number of nitrogens with zero attached hydrogens (tertiary/aromatic N) is 2. The van der Waals surface area contributed by atoms with Crippen LogP contribution in [0.2, 0.25) is 0 Å². The molecular formula is C15H21N3O7. The number of hydrogen-bond acceptors (Lipinski definition) is 7. The lowest BCUT2D eigenvalue weighted by atomic mass is 10.2. The van der Waals surface area contributed by atoms with Crippen LogP contribution in [-0.2, 0) is 9.59 Å². The summed E-state index contributed by atoms with van der Waals surface area (Å²) in [6.45, 7) is 7.09. The molecule has 0 unspecified atom stereocenters. The number of piperazine rings is 1. The van der Waals surface area contributed by atoms with Crippen LogP contribution in [0.5, 0.6) is 5.75 Å². The van der Waals surface area contributed by atoms with Crippen LogP contribution in [0.3, 0.4) is 0 Å². The zero-order valence-corrected chi connectivity index (χ0v) is 13.8. The maximum atomic E-state index is 10.9. The van der Waals surface area contributed by atoms with Crippen molar-refractivity contribution in [3.05, 3.63) is 33.9 Å². The molecule has 1 aliphatic rings. The van der Waals surface area contributed by atoms with Gasteiger partial charge in [-0.3, -0.25) is 15.0 Å². The number of nitro groups is 1. The number of aryl methyl sites for hydroxylation is 1. The van der Waals surface area contributed by atoms with Crippen molar-refractivity contribution < 1.29 is 29.5 Å². The number of rotatable bonds is 5. The lowest BCUT2D eigenvalue weighted by Gasteiger charge is -2.26. The third kappa shape index (κ3) is 7.59. The van der Waals surface area contributed by atoms with Crippen molar-refractivity contribution in [3.8, 4) is 5.75 Å². The fraction of sp³-hybridized carbons (Fsp3) is 0.467. The maximum Gasteiger partial charge on any atom is 0.414 e. The molecule has 0 bridgehead atoms. The topological polar surface area (TPSA) is 142 Å². The number of carboxylic acids is 2. The van der Waals surface area contributed by atoms with Crippen LogP contribution in [0.1, 0.15) is 5.56 Å². The standard InChI is InChI=1S/C13H19N3O3.C2H2O4/c1-11-2-3-13(12(10-11)16(17)18)19-9-8-15-6-4-14-5-7-15;3-1(4)2(5)6/h2-3,10,14H,4-9H2,1H3;(H,3,4)(H,5,6). The number of nitrogens with one attached hydrogen (secondary N) is 1. The number of benzene rings is 1. The van der Waals surface area contributed by atoms with Crippen molar-refractivity contribution in [1.82, 2.24) is 10.2 Å². The molecule has 1 aromatic carbocycles. The predicted molar refractivity (Wildman–Crippen MR) is 87.9 cm³/mol. The van der Waals surface area contributed by atoms with Gasteiger partial charge in [-0.2, -0.15) is 0 Å². The van der Waals surface area contributed by atoms with Gasteiger partial charge in [-0.15, -0.1) is 0 Å². The van der Waals surface area contributed by atoms with E-state index in [1.165, 1.54) is 0 Å². The number of ether oxygens (including phenoxy) is 1. The normalized spacial score (nSPS) is 14.1. The van der Waals surface area contributed by atoms with Crippen molar-refractivity contribution in [2.75, 3.05) is 39.3 Å². The maximum absolute atomic E-state index is 10.9. The summed E-state index contributed by atoms with van der Waals surface area (Å²) in [5.74, 6) is -3.30. The third-order valence-electron chi connectivity index (χ3n) is 3.37. The van der Waals surface area contributed by atoms with Gasteiger partial charge in [0, 0.05) is 38.8 Å². The van der Waals surface area contributed by atoms with Gasteiger partial charge in [0.25, 0.3) is 0 Å². The van der Waals surface area contributed by atoms with Crippen molar-refractivity contribution in [2.45, 2.75) is 6.92 Å². The molecule has 25 heavy (non-hydrogen) atoms. The van der Waals surface area contributed by atoms with E-state index in [1.807, 2.05) is 13.0 Å². The first kappa shape index (κ1) is 20.3. The molecule has 1 aromatic rings. The molecule has 0 aliphatic carbocycles. The minimum atomic E-state index is -1.82. The number of carboxylic acid groups (broad SMARTS) is 2. The van der Waals surface area contributed by atoms with Crippen LogP contribution in [0, 0.1) is 17.0 Å². The second-order valence-corrected chi connectivity index (χ2v) is 5.28. The average molecular weight is 355 g/mol. The molecule has 1 aliphatic heterocycles. The van der Waals surface area contributed by atoms with Crippen LogP contribution >= 0.6 is 0 Å². The van der Waals surface area contributed by atoms with Gasteiger partial charge in [0.1, 0.15) is 6.61 Å². The van der Waals surface area contributed by atoms with Crippen molar-refractivity contribution in [1.29, 1.82) is 0 Å². The van der Waals surface area contributed by atoms with Crippen LogP contribution in [0.25, 0.3) is 0 Å². The molecule has 1 heterocycles. The second kappa shape index (κ2) is 10.2. The fourth-order valence-electron chi connectivity index (χ4n) is 2.11. The van der Waals surface area contributed by atoms with Crippen molar-refractivity contribution in [3.63, 3.8) is 0 Å². The van der Waals surface area contributed by atoms with Gasteiger partial charge >= 0.3 is 17.6 Å². The summed E-state index contributed by atoms with van der Waals surface area (Å²) in [7, 11) is 0. The first-order valence-electron chi connectivity index (χ1n) is 7.58. The Morgan fingerprint density at radius 3 is 2.40 bits per heavy atom. The second-order valence-electron chi connectivity index (χ2n) is 5.28. The summed E-state index contributed by atoms with van der Waals surface area (Å²) in [4.78, 5) is 31.0. The Bertz CT molecular complexity index is 603. The Hall–Kier alpha value is -2.72. The highest BCUT2D eigenvalue weighted by Gasteiger charge is 2.16. The van der Waals surface area contributed by atoms with Crippen LogP contribution in [0.4, 0.5) is 5.69 Å². The summed E-state index contributed by atoms with van der Waals surface area (Å²) < 4.78 is 5.55. The molecule has 3 N–H and O–H groups in total. The number of hydrogen-bond donors (Lipinski definition) is 3. The molecule has 0 aromatic heterocycles. The summed E-state index contributed by atoms with van der Waals surface area (Å²) >= 11 is 0. The van der Waals surface area contributed by atoms with E-state index in [1.54, 1.807) is 12.1 Å². The molecule has 138 valence electrons. The van der Waals surface area contributed by atoms with E-state index in [-0.39, 0.29) is 5.69 Å². The highest BCUT2D eigenvalue weighted by atomic mass is 16.6. The Kier molecular flexibility index (Phi) is 8.30. The van der Waals surface area contributed by atoms with E-state index in [4.69, 9.17) is 24.5 Å². The Morgan fingerprint density at radius 2 is 1.88 bits per heavy atom. The molecule has 10 nitrogen and oxygen atoms in total. The smallest absolute Gasteiger partial charge is 0.414 e. The molecule has 0 atom stereocenters. The molecule has 0 radical (unpaired) electrons. The highest BCUT2D eigenvalue weighted by molar-refractivity contribution is 6.27. The minimum absolute atomic E-state index is 0.0420. The molecular weight excluding hydrogens is 334 g/mol. The van der Waals surface area contributed by atoms with E-state index in [0.29, 0.717) is 12.4 Å². The molecule has 0 saturated carbocycles. The van der Waals surface area contributed by atoms with Crippen LogP contribution in [0.15, 0.2) is 18.2 Å². The Morgan fingerprint density at radius 1 is 1.28 bits per heavy atom. The first-order chi connectivity index (χ1) is 11.8. The zero-order chi connectivity index (χ0) is 18.8. The third-order valence-corrected chi connectivity index (χ3v) is 3.37. The molecule has 1 saturated heterocycles. The SMILES string of the molecule is Cc1ccc(OCCN2CCNCC2)c([N+](=O)[O-])c1.O=C(O)C(=O)O. The zero-order valence-electron chi connectivity index (χ0n) is 13.8. The predicted octanol–water partition coefficient (Wildman–Crippen LogP) is 0.343. The minimum Gasteiger partial charge on any atom is -0.485 e. The van der Waals surface area contributed by atoms with Crippen molar-refractivity contribution >= 4 is 17.6 Å². The largest absolute Gasteiger partial charge is 0.485 e. The van der Waals surface area contributed by atoms with Gasteiger partial charge in [-0.25, -0.2) is 9.59 Å². The van der Waals surface area contributed by atoms with E-state index in [2.05, 4.69) is 10.2 Å². The molecule has 0 amide bonds. The number of aliphatic carboxylic acids is 2. The van der Waals surface area contributed by atoms with Gasteiger partial charge in [0.15, 0.2) is 5.75 Å². The Labute approximate surface area is 144 Å². The molecule has 0 spiro atoms. The first-order valence-corrected chi connectivity index (χ1v) is 7.58.